The molecule has 0 fully saturated rings. The van der Waals surface area contributed by atoms with Crippen molar-refractivity contribution in [3.05, 3.63) is 54.2 Å². The molecule has 6 nitrogen and oxygen atoms in total. The lowest BCUT2D eigenvalue weighted by atomic mass is 10.1. The number of anilines is 1. The van der Waals surface area contributed by atoms with Crippen LogP contribution in [-0.4, -0.2) is 32.4 Å². The van der Waals surface area contributed by atoms with E-state index in [0.29, 0.717) is 28.5 Å². The Hall–Kier alpha value is -3.15. The maximum Gasteiger partial charge on any atom is 0.337 e. The van der Waals surface area contributed by atoms with Crippen molar-refractivity contribution in [2.45, 2.75) is 0 Å². The number of aliphatic carboxylic acids is 1. The number of benzene rings is 2. The Morgan fingerprint density at radius 3 is 2.12 bits per heavy atom. The number of hydrogen-bond donors (Lipinski definition) is 2. The highest BCUT2D eigenvalue weighted by Gasteiger charge is 2.11. The summed E-state index contributed by atoms with van der Waals surface area (Å²) in [5.41, 5.74) is 1.27. The molecule has 2 aromatic rings. The number of nitrogens with one attached hydrogen (secondary N) is 1. The minimum Gasteiger partial charge on any atom is -0.497 e. The summed E-state index contributed by atoms with van der Waals surface area (Å²) in [7, 11) is 4.65. The summed E-state index contributed by atoms with van der Waals surface area (Å²) in [5, 5.41) is 12.4. The van der Waals surface area contributed by atoms with Crippen LogP contribution in [0.25, 0.3) is 5.57 Å². The van der Waals surface area contributed by atoms with Crippen molar-refractivity contribution in [3.63, 3.8) is 0 Å². The second-order valence-electron chi connectivity index (χ2n) is 4.80. The molecule has 0 aliphatic rings. The zero-order valence-corrected chi connectivity index (χ0v) is 13.7. The van der Waals surface area contributed by atoms with Crippen molar-refractivity contribution < 1.29 is 24.1 Å². The molecular weight excluding hydrogens is 310 g/mol. The molecule has 2 N–H and O–H groups in total. The standard InChI is InChI=1S/C18H19NO5/c1-22-13-6-4-12(5-7-13)15(18(20)21)11-19-16-10-14(23-2)8-9-17(16)24-3/h4-11,19H,1-3H3,(H,20,21)/b15-11-. The number of carbonyl (C=O) groups is 1. The largest absolute Gasteiger partial charge is 0.497 e. The van der Waals surface area contributed by atoms with Crippen LogP contribution in [0.5, 0.6) is 17.2 Å². The summed E-state index contributed by atoms with van der Waals surface area (Å²) >= 11 is 0. The number of carboxylic acid groups (broad SMARTS) is 1. The van der Waals surface area contributed by atoms with E-state index in [9.17, 15) is 9.90 Å². The third kappa shape index (κ3) is 3.98. The summed E-state index contributed by atoms with van der Waals surface area (Å²) in [6.45, 7) is 0. The van der Waals surface area contributed by atoms with Crippen LogP contribution >= 0.6 is 0 Å². The third-order valence-corrected chi connectivity index (χ3v) is 3.41. The number of carboxylic acids is 1. The Labute approximate surface area is 140 Å². The van der Waals surface area contributed by atoms with E-state index in [1.54, 1.807) is 56.7 Å². The molecule has 0 spiro atoms. The predicted molar refractivity (Wildman–Crippen MR) is 91.8 cm³/mol. The van der Waals surface area contributed by atoms with Crippen LogP contribution in [0.15, 0.2) is 48.7 Å². The van der Waals surface area contributed by atoms with Gasteiger partial charge in [0.05, 0.1) is 32.6 Å². The first-order chi connectivity index (χ1) is 11.6. The molecule has 2 rings (SSSR count). The van der Waals surface area contributed by atoms with E-state index in [1.165, 1.54) is 13.3 Å². The Morgan fingerprint density at radius 2 is 1.58 bits per heavy atom. The summed E-state index contributed by atoms with van der Waals surface area (Å²) in [5.74, 6) is 0.819. The first-order valence-electron chi connectivity index (χ1n) is 7.15. The topological polar surface area (TPSA) is 77.0 Å². The van der Waals surface area contributed by atoms with Gasteiger partial charge in [0.2, 0.25) is 0 Å². The minimum atomic E-state index is -1.05. The number of methoxy groups -OCH3 is 3. The second-order valence-corrected chi connectivity index (χ2v) is 4.80. The number of rotatable bonds is 7. The summed E-state index contributed by atoms with van der Waals surface area (Å²) in [6.07, 6.45) is 1.42. The van der Waals surface area contributed by atoms with Gasteiger partial charge in [0.25, 0.3) is 0 Å². The average Bonchev–Trinajstić information content (AvgIpc) is 2.62. The maximum absolute atomic E-state index is 11.6. The van der Waals surface area contributed by atoms with E-state index < -0.39 is 5.97 Å². The van der Waals surface area contributed by atoms with Gasteiger partial charge in [-0.1, -0.05) is 12.1 Å². The predicted octanol–water partition coefficient (Wildman–Crippen LogP) is 3.25. The molecule has 0 unspecified atom stereocenters. The van der Waals surface area contributed by atoms with Crippen molar-refractivity contribution in [1.29, 1.82) is 0 Å². The van der Waals surface area contributed by atoms with Crippen molar-refractivity contribution in [2.24, 2.45) is 0 Å². The molecule has 0 heterocycles. The van der Waals surface area contributed by atoms with Crippen LogP contribution in [0.3, 0.4) is 0 Å². The van der Waals surface area contributed by atoms with Gasteiger partial charge in [0.1, 0.15) is 17.2 Å². The molecule has 0 amide bonds. The van der Waals surface area contributed by atoms with Crippen LogP contribution in [-0.2, 0) is 4.79 Å². The monoisotopic (exact) mass is 329 g/mol. The fraction of sp³-hybridized carbons (Fsp3) is 0.167. The number of hydrogen-bond acceptors (Lipinski definition) is 5. The molecular formula is C18H19NO5. The van der Waals surface area contributed by atoms with E-state index in [-0.39, 0.29) is 5.57 Å². The van der Waals surface area contributed by atoms with E-state index in [2.05, 4.69) is 5.32 Å². The van der Waals surface area contributed by atoms with Gasteiger partial charge in [0.15, 0.2) is 0 Å². The van der Waals surface area contributed by atoms with Gasteiger partial charge in [-0.2, -0.15) is 0 Å². The first kappa shape index (κ1) is 17.2. The van der Waals surface area contributed by atoms with Gasteiger partial charge < -0.3 is 24.6 Å². The van der Waals surface area contributed by atoms with Crippen molar-refractivity contribution >= 4 is 17.2 Å². The normalized spacial score (nSPS) is 10.9. The second kappa shape index (κ2) is 7.92. The summed E-state index contributed by atoms with van der Waals surface area (Å²) in [4.78, 5) is 11.6. The van der Waals surface area contributed by atoms with Crippen LogP contribution < -0.4 is 19.5 Å². The van der Waals surface area contributed by atoms with Gasteiger partial charge in [-0.3, -0.25) is 0 Å². The average molecular weight is 329 g/mol. The molecule has 126 valence electrons. The minimum absolute atomic E-state index is 0.113. The van der Waals surface area contributed by atoms with E-state index in [0.717, 1.165) is 0 Å². The SMILES string of the molecule is COc1ccc(/C(=C/Nc2cc(OC)ccc2OC)C(=O)O)cc1. The molecule has 6 heteroatoms. The van der Waals surface area contributed by atoms with Crippen LogP contribution in [0.1, 0.15) is 5.56 Å². The molecule has 24 heavy (non-hydrogen) atoms. The van der Waals surface area contributed by atoms with Crippen molar-refractivity contribution in [3.8, 4) is 17.2 Å². The highest BCUT2D eigenvalue weighted by molar-refractivity contribution is 6.15. The summed E-state index contributed by atoms with van der Waals surface area (Å²) < 4.78 is 15.5. The van der Waals surface area contributed by atoms with Crippen LogP contribution in [0.4, 0.5) is 5.69 Å². The Balaban J connectivity index is 2.33. The Morgan fingerprint density at radius 1 is 0.958 bits per heavy atom. The van der Waals surface area contributed by atoms with Crippen molar-refractivity contribution in [2.75, 3.05) is 26.6 Å². The molecule has 0 atom stereocenters. The Kier molecular flexibility index (Phi) is 5.68. The molecule has 0 saturated heterocycles. The van der Waals surface area contributed by atoms with Gasteiger partial charge in [-0.25, -0.2) is 4.79 Å². The zero-order chi connectivity index (χ0) is 17.5. The molecule has 0 saturated carbocycles. The molecule has 2 aromatic carbocycles. The third-order valence-electron chi connectivity index (χ3n) is 3.41. The fourth-order valence-corrected chi connectivity index (χ4v) is 2.12. The van der Waals surface area contributed by atoms with Gasteiger partial charge in [-0.05, 0) is 29.8 Å². The molecule has 0 aromatic heterocycles. The molecule has 0 aliphatic carbocycles. The van der Waals surface area contributed by atoms with E-state index >= 15 is 0 Å². The maximum atomic E-state index is 11.6. The summed E-state index contributed by atoms with van der Waals surface area (Å²) in [6, 6.07) is 12.0. The Bertz CT molecular complexity index is 738. The fourth-order valence-electron chi connectivity index (χ4n) is 2.12. The smallest absolute Gasteiger partial charge is 0.337 e. The zero-order valence-electron chi connectivity index (χ0n) is 13.7. The van der Waals surface area contributed by atoms with Gasteiger partial charge >= 0.3 is 5.97 Å². The lowest BCUT2D eigenvalue weighted by Crippen LogP contribution is -2.03. The molecule has 0 radical (unpaired) electrons. The molecule has 0 bridgehead atoms. The highest BCUT2D eigenvalue weighted by Crippen LogP contribution is 2.29. The van der Waals surface area contributed by atoms with E-state index in [1.807, 2.05) is 0 Å². The number of ether oxygens (including phenoxy) is 3. The van der Waals surface area contributed by atoms with Gasteiger partial charge in [0, 0.05) is 12.3 Å². The van der Waals surface area contributed by atoms with Crippen molar-refractivity contribution in [1.82, 2.24) is 0 Å². The molecule has 0 aliphatic heterocycles. The lowest BCUT2D eigenvalue weighted by Gasteiger charge is -2.11. The van der Waals surface area contributed by atoms with E-state index in [4.69, 9.17) is 14.2 Å². The van der Waals surface area contributed by atoms with Crippen LogP contribution in [0.2, 0.25) is 0 Å². The lowest BCUT2D eigenvalue weighted by molar-refractivity contribution is -0.130. The first-order valence-corrected chi connectivity index (χ1v) is 7.15. The van der Waals surface area contributed by atoms with Crippen LogP contribution in [0, 0.1) is 0 Å². The van der Waals surface area contributed by atoms with Gasteiger partial charge in [-0.15, -0.1) is 0 Å². The highest BCUT2D eigenvalue weighted by atomic mass is 16.5. The quantitative estimate of drug-likeness (QED) is 0.759.